The Morgan fingerprint density at radius 2 is 1.62 bits per heavy atom. The Morgan fingerprint density at radius 1 is 0.952 bits per heavy atom. The Morgan fingerprint density at radius 3 is 2.24 bits per heavy atom. The highest BCUT2D eigenvalue weighted by Crippen LogP contribution is 2.13. The number of isocyanates is 1. The van der Waals surface area contributed by atoms with Crippen molar-refractivity contribution < 1.29 is 19.1 Å². The van der Waals surface area contributed by atoms with Crippen molar-refractivity contribution in [2.75, 3.05) is 6.61 Å². The van der Waals surface area contributed by atoms with Gasteiger partial charge in [-0.3, -0.25) is 4.79 Å². The molecule has 0 N–H and O–H groups in total. The number of Topliss-reactive ketones (excluding diaryl/α,β-unsaturated/α-hetero) is 1. The van der Waals surface area contributed by atoms with Crippen LogP contribution >= 0.6 is 0 Å². The molecule has 0 unspecified atom stereocenters. The number of carbonyl (C=O) groups is 2. The number of aliphatic imine (C=N–C) groups is 1. The fraction of sp³-hybridized carbons (Fsp3) is 0.0625. The van der Waals surface area contributed by atoms with E-state index in [4.69, 9.17) is 4.74 Å². The summed E-state index contributed by atoms with van der Waals surface area (Å²) in [6.07, 6.45) is 1.41. The summed E-state index contributed by atoms with van der Waals surface area (Å²) >= 11 is 0. The highest BCUT2D eigenvalue weighted by molar-refractivity contribution is 5.99. The molecular formula is C16H11NO4. The van der Waals surface area contributed by atoms with Gasteiger partial charge in [-0.05, 0) is 24.3 Å². The number of esters is 1. The molecule has 0 radical (unpaired) electrons. The maximum absolute atomic E-state index is 11.8. The molecule has 21 heavy (non-hydrogen) atoms. The zero-order valence-corrected chi connectivity index (χ0v) is 11.0. The van der Waals surface area contributed by atoms with Gasteiger partial charge in [-0.15, -0.1) is 0 Å². The lowest BCUT2D eigenvalue weighted by atomic mass is 10.1. The first-order chi connectivity index (χ1) is 10.2. The Kier molecular flexibility index (Phi) is 4.75. The van der Waals surface area contributed by atoms with Crippen molar-refractivity contribution in [3.8, 4) is 0 Å². The van der Waals surface area contributed by atoms with Crippen molar-refractivity contribution in [1.29, 1.82) is 0 Å². The van der Waals surface area contributed by atoms with Gasteiger partial charge < -0.3 is 4.74 Å². The zero-order valence-electron chi connectivity index (χ0n) is 11.0. The van der Waals surface area contributed by atoms with Crippen LogP contribution in [0.3, 0.4) is 0 Å². The van der Waals surface area contributed by atoms with E-state index in [0.717, 1.165) is 0 Å². The molecule has 0 saturated carbocycles. The van der Waals surface area contributed by atoms with E-state index in [9.17, 15) is 14.4 Å². The van der Waals surface area contributed by atoms with E-state index in [-0.39, 0.29) is 18.0 Å². The molecule has 0 amide bonds. The second kappa shape index (κ2) is 6.93. The maximum atomic E-state index is 11.8. The van der Waals surface area contributed by atoms with Crippen molar-refractivity contribution in [2.24, 2.45) is 4.99 Å². The Labute approximate surface area is 120 Å². The molecule has 2 aromatic carbocycles. The molecule has 0 aromatic heterocycles. The topological polar surface area (TPSA) is 72.8 Å². The molecule has 5 heteroatoms. The fourth-order valence-corrected chi connectivity index (χ4v) is 1.65. The van der Waals surface area contributed by atoms with Crippen LogP contribution in [0.2, 0.25) is 0 Å². The minimum atomic E-state index is -0.610. The Hall–Kier alpha value is -3.04. The van der Waals surface area contributed by atoms with Crippen LogP contribution in [-0.2, 0) is 9.53 Å². The lowest BCUT2D eigenvalue weighted by molar-refractivity contribution is 0.0475. The van der Waals surface area contributed by atoms with Gasteiger partial charge in [0, 0.05) is 5.56 Å². The second-order valence-electron chi connectivity index (χ2n) is 4.12. The molecule has 0 saturated heterocycles. The van der Waals surface area contributed by atoms with E-state index in [1.54, 1.807) is 30.3 Å². The van der Waals surface area contributed by atoms with Crippen LogP contribution in [0.15, 0.2) is 59.6 Å². The van der Waals surface area contributed by atoms with Gasteiger partial charge in [0.1, 0.15) is 0 Å². The van der Waals surface area contributed by atoms with Crippen molar-refractivity contribution >= 4 is 23.5 Å². The Bertz CT molecular complexity index is 686. The van der Waals surface area contributed by atoms with Crippen molar-refractivity contribution in [2.45, 2.75) is 0 Å². The van der Waals surface area contributed by atoms with Crippen LogP contribution in [0.4, 0.5) is 5.69 Å². The van der Waals surface area contributed by atoms with Gasteiger partial charge in [-0.1, -0.05) is 30.3 Å². The largest absolute Gasteiger partial charge is 0.454 e. The molecule has 0 spiro atoms. The van der Waals surface area contributed by atoms with Crippen molar-refractivity contribution in [3.05, 3.63) is 65.7 Å². The lowest BCUT2D eigenvalue weighted by Crippen LogP contribution is -2.14. The van der Waals surface area contributed by atoms with Crippen molar-refractivity contribution in [1.82, 2.24) is 0 Å². The van der Waals surface area contributed by atoms with Crippen molar-refractivity contribution in [3.63, 3.8) is 0 Å². The van der Waals surface area contributed by atoms with Crippen LogP contribution in [-0.4, -0.2) is 24.4 Å². The molecule has 0 aliphatic heterocycles. The number of ketones is 1. The molecule has 0 aliphatic rings. The summed E-state index contributed by atoms with van der Waals surface area (Å²) < 4.78 is 4.95. The molecule has 0 aliphatic carbocycles. The summed E-state index contributed by atoms with van der Waals surface area (Å²) in [5.74, 6) is -0.882. The predicted molar refractivity (Wildman–Crippen MR) is 75.3 cm³/mol. The SMILES string of the molecule is O=C=Nc1ccc(C(=O)OCC(=O)c2ccccc2)cc1. The fourth-order valence-electron chi connectivity index (χ4n) is 1.65. The number of nitrogens with zero attached hydrogens (tertiary/aromatic N) is 1. The number of ether oxygens (including phenoxy) is 1. The second-order valence-corrected chi connectivity index (χ2v) is 4.12. The predicted octanol–water partition coefficient (Wildman–Crippen LogP) is 2.69. The summed E-state index contributed by atoms with van der Waals surface area (Å²) in [5, 5.41) is 0. The van der Waals surface area contributed by atoms with Gasteiger partial charge in [-0.2, -0.15) is 4.99 Å². The summed E-state index contributed by atoms with van der Waals surface area (Å²) in [5.41, 5.74) is 1.16. The van der Waals surface area contributed by atoms with Crippen LogP contribution in [0, 0.1) is 0 Å². The van der Waals surface area contributed by atoms with E-state index in [2.05, 4.69) is 4.99 Å². The van der Waals surface area contributed by atoms with Gasteiger partial charge in [0.25, 0.3) is 0 Å². The summed E-state index contributed by atoms with van der Waals surface area (Å²) in [6.45, 7) is -0.322. The van der Waals surface area contributed by atoms with Crippen LogP contribution in [0.25, 0.3) is 0 Å². The molecule has 0 heterocycles. The minimum absolute atomic E-state index is 0.272. The highest BCUT2D eigenvalue weighted by Gasteiger charge is 2.11. The molecule has 104 valence electrons. The Balaban J connectivity index is 1.95. The van der Waals surface area contributed by atoms with E-state index in [0.29, 0.717) is 11.3 Å². The quantitative estimate of drug-likeness (QED) is 0.365. The zero-order chi connectivity index (χ0) is 15.1. The molecule has 2 rings (SSSR count). The standard InChI is InChI=1S/C16H11NO4/c18-11-17-14-8-6-13(7-9-14)16(20)21-10-15(19)12-4-2-1-3-5-12/h1-9H,10H2. The number of carbonyl (C=O) groups excluding carboxylic acids is 3. The smallest absolute Gasteiger partial charge is 0.338 e. The number of hydrogen-bond acceptors (Lipinski definition) is 5. The average molecular weight is 281 g/mol. The first-order valence-corrected chi connectivity index (χ1v) is 6.14. The highest BCUT2D eigenvalue weighted by atomic mass is 16.5. The molecule has 0 atom stereocenters. The van der Waals surface area contributed by atoms with Crippen LogP contribution < -0.4 is 0 Å². The van der Waals surface area contributed by atoms with E-state index < -0.39 is 5.97 Å². The first-order valence-electron chi connectivity index (χ1n) is 6.14. The number of benzene rings is 2. The van der Waals surface area contributed by atoms with Crippen LogP contribution in [0.1, 0.15) is 20.7 Å². The van der Waals surface area contributed by atoms with Gasteiger partial charge in [0.2, 0.25) is 6.08 Å². The first kappa shape index (κ1) is 14.4. The van der Waals surface area contributed by atoms with Gasteiger partial charge in [0.05, 0.1) is 11.3 Å². The summed E-state index contributed by atoms with van der Waals surface area (Å²) in [4.78, 5) is 37.0. The molecular weight excluding hydrogens is 270 g/mol. The molecule has 2 aromatic rings. The van der Waals surface area contributed by atoms with E-state index in [1.807, 2.05) is 0 Å². The van der Waals surface area contributed by atoms with E-state index >= 15 is 0 Å². The monoisotopic (exact) mass is 281 g/mol. The van der Waals surface area contributed by atoms with Gasteiger partial charge in [0.15, 0.2) is 12.4 Å². The average Bonchev–Trinajstić information content (AvgIpc) is 2.54. The molecule has 0 fully saturated rings. The maximum Gasteiger partial charge on any atom is 0.338 e. The van der Waals surface area contributed by atoms with Crippen LogP contribution in [0.5, 0.6) is 0 Å². The summed E-state index contributed by atoms with van der Waals surface area (Å²) in [6, 6.07) is 14.5. The molecule has 0 bridgehead atoms. The number of rotatable bonds is 5. The number of hydrogen-bond donors (Lipinski definition) is 0. The third-order valence-corrected chi connectivity index (χ3v) is 2.71. The minimum Gasteiger partial charge on any atom is -0.454 e. The third kappa shape index (κ3) is 3.96. The molecule has 5 nitrogen and oxygen atoms in total. The van der Waals surface area contributed by atoms with Gasteiger partial charge in [-0.25, -0.2) is 9.59 Å². The third-order valence-electron chi connectivity index (χ3n) is 2.71. The lowest BCUT2D eigenvalue weighted by Gasteiger charge is -2.04. The summed E-state index contributed by atoms with van der Waals surface area (Å²) in [7, 11) is 0. The van der Waals surface area contributed by atoms with E-state index in [1.165, 1.54) is 30.3 Å². The van der Waals surface area contributed by atoms with Gasteiger partial charge >= 0.3 is 5.97 Å². The normalized spacial score (nSPS) is 9.52.